The molecule has 3 nitrogen and oxygen atoms in total. The van der Waals surface area contributed by atoms with Gasteiger partial charge in [-0.3, -0.25) is 4.68 Å². The van der Waals surface area contributed by atoms with Crippen LogP contribution in [0.5, 0.6) is 0 Å². The van der Waals surface area contributed by atoms with E-state index in [1.807, 2.05) is 19.2 Å². The van der Waals surface area contributed by atoms with Crippen molar-refractivity contribution in [2.24, 2.45) is 12.8 Å². The highest BCUT2D eigenvalue weighted by atomic mass is 19.1. The van der Waals surface area contributed by atoms with Gasteiger partial charge in [-0.1, -0.05) is 12.1 Å². The Morgan fingerprint density at radius 3 is 2.81 bits per heavy atom. The first-order chi connectivity index (χ1) is 7.69. The van der Waals surface area contributed by atoms with E-state index in [0.717, 1.165) is 17.0 Å². The van der Waals surface area contributed by atoms with Crippen LogP contribution >= 0.6 is 0 Å². The summed E-state index contributed by atoms with van der Waals surface area (Å²) in [5.41, 5.74) is 8.37. The van der Waals surface area contributed by atoms with Gasteiger partial charge in [0.2, 0.25) is 0 Å². The molecule has 0 aliphatic carbocycles. The summed E-state index contributed by atoms with van der Waals surface area (Å²) in [6.07, 6.45) is 0.631. The molecule has 0 saturated heterocycles. The van der Waals surface area contributed by atoms with Crippen molar-refractivity contribution in [3.05, 3.63) is 53.1 Å². The van der Waals surface area contributed by atoms with Crippen LogP contribution < -0.4 is 5.73 Å². The van der Waals surface area contributed by atoms with E-state index in [-0.39, 0.29) is 5.82 Å². The predicted octanol–water partition coefficient (Wildman–Crippen LogP) is 1.61. The smallest absolute Gasteiger partial charge is 0.123 e. The van der Waals surface area contributed by atoms with Gasteiger partial charge in [0.15, 0.2) is 0 Å². The SMILES string of the molecule is Cn1nc(Cc2cccc(F)c2)cc1CN. The number of aromatic nitrogens is 2. The molecule has 0 aliphatic rings. The van der Waals surface area contributed by atoms with Crippen molar-refractivity contribution in [1.82, 2.24) is 9.78 Å². The lowest BCUT2D eigenvalue weighted by atomic mass is 10.1. The topological polar surface area (TPSA) is 43.8 Å². The average molecular weight is 219 g/mol. The first-order valence-corrected chi connectivity index (χ1v) is 5.15. The van der Waals surface area contributed by atoms with Gasteiger partial charge < -0.3 is 5.73 Å². The van der Waals surface area contributed by atoms with Crippen LogP contribution in [0.2, 0.25) is 0 Å². The van der Waals surface area contributed by atoms with Crippen LogP contribution in [0.1, 0.15) is 17.0 Å². The molecule has 0 unspecified atom stereocenters. The minimum atomic E-state index is -0.215. The zero-order chi connectivity index (χ0) is 11.5. The van der Waals surface area contributed by atoms with Crippen molar-refractivity contribution in [2.45, 2.75) is 13.0 Å². The van der Waals surface area contributed by atoms with E-state index in [9.17, 15) is 4.39 Å². The number of nitrogens with two attached hydrogens (primary N) is 1. The Hall–Kier alpha value is -1.68. The van der Waals surface area contributed by atoms with Gasteiger partial charge in [0.25, 0.3) is 0 Å². The van der Waals surface area contributed by atoms with Gasteiger partial charge >= 0.3 is 0 Å². The van der Waals surface area contributed by atoms with Gasteiger partial charge in [-0.25, -0.2) is 4.39 Å². The second kappa shape index (κ2) is 4.45. The van der Waals surface area contributed by atoms with E-state index in [1.165, 1.54) is 12.1 Å². The zero-order valence-electron chi connectivity index (χ0n) is 9.15. The summed E-state index contributed by atoms with van der Waals surface area (Å²) in [5, 5.41) is 4.32. The molecule has 2 N–H and O–H groups in total. The molecule has 1 heterocycles. The van der Waals surface area contributed by atoms with Crippen LogP contribution in [0, 0.1) is 5.82 Å². The van der Waals surface area contributed by atoms with E-state index >= 15 is 0 Å². The summed E-state index contributed by atoms with van der Waals surface area (Å²) in [6.45, 7) is 0.465. The summed E-state index contributed by atoms with van der Waals surface area (Å²) in [5.74, 6) is -0.215. The van der Waals surface area contributed by atoms with E-state index in [4.69, 9.17) is 5.73 Å². The third kappa shape index (κ3) is 2.28. The first kappa shape index (κ1) is 10.8. The normalized spacial score (nSPS) is 10.7. The van der Waals surface area contributed by atoms with Crippen LogP contribution in [0.4, 0.5) is 4.39 Å². The van der Waals surface area contributed by atoms with E-state index < -0.39 is 0 Å². The Kier molecular flexibility index (Phi) is 3.01. The summed E-state index contributed by atoms with van der Waals surface area (Å²) >= 11 is 0. The third-order valence-electron chi connectivity index (χ3n) is 2.51. The summed E-state index contributed by atoms with van der Waals surface area (Å²) in [7, 11) is 1.86. The number of aryl methyl sites for hydroxylation is 1. The number of hydrogen-bond donors (Lipinski definition) is 1. The van der Waals surface area contributed by atoms with Crippen LogP contribution in [0.3, 0.4) is 0 Å². The van der Waals surface area contributed by atoms with Crippen LogP contribution in [0.25, 0.3) is 0 Å². The highest BCUT2D eigenvalue weighted by molar-refractivity contribution is 5.23. The molecule has 0 fully saturated rings. The maximum absolute atomic E-state index is 13.0. The first-order valence-electron chi connectivity index (χ1n) is 5.15. The minimum Gasteiger partial charge on any atom is -0.325 e. The maximum Gasteiger partial charge on any atom is 0.123 e. The van der Waals surface area contributed by atoms with Crippen LogP contribution in [0.15, 0.2) is 30.3 Å². The molecule has 0 atom stereocenters. The summed E-state index contributed by atoms with van der Waals surface area (Å²) < 4.78 is 14.7. The molecule has 2 aromatic rings. The Labute approximate surface area is 93.7 Å². The number of hydrogen-bond acceptors (Lipinski definition) is 2. The zero-order valence-corrected chi connectivity index (χ0v) is 9.15. The molecule has 0 aliphatic heterocycles. The molecular formula is C12H14FN3. The summed E-state index contributed by atoms with van der Waals surface area (Å²) in [6, 6.07) is 8.51. The van der Waals surface area contributed by atoms with Crippen molar-refractivity contribution in [3.8, 4) is 0 Å². The Morgan fingerprint density at radius 2 is 2.19 bits per heavy atom. The molecule has 0 saturated carbocycles. The van der Waals surface area contributed by atoms with Crippen molar-refractivity contribution in [1.29, 1.82) is 0 Å². The van der Waals surface area contributed by atoms with Gasteiger partial charge in [0.1, 0.15) is 5.82 Å². The average Bonchev–Trinajstić information content (AvgIpc) is 2.58. The Bertz CT molecular complexity index is 491. The fraction of sp³-hybridized carbons (Fsp3) is 0.250. The van der Waals surface area contributed by atoms with Gasteiger partial charge in [-0.2, -0.15) is 5.10 Å². The predicted molar refractivity (Wildman–Crippen MR) is 60.3 cm³/mol. The molecule has 0 bridgehead atoms. The molecule has 1 aromatic heterocycles. The molecule has 4 heteroatoms. The van der Waals surface area contributed by atoms with Gasteiger partial charge in [0, 0.05) is 20.0 Å². The lowest BCUT2D eigenvalue weighted by molar-refractivity contribution is 0.625. The maximum atomic E-state index is 13.0. The molecule has 0 amide bonds. The van der Waals surface area contributed by atoms with Crippen molar-refractivity contribution in [3.63, 3.8) is 0 Å². The van der Waals surface area contributed by atoms with Crippen molar-refractivity contribution >= 4 is 0 Å². The molecule has 2 rings (SSSR count). The molecular weight excluding hydrogens is 205 g/mol. The second-order valence-corrected chi connectivity index (χ2v) is 3.76. The fourth-order valence-corrected chi connectivity index (χ4v) is 1.70. The largest absolute Gasteiger partial charge is 0.325 e. The molecule has 0 spiro atoms. The van der Waals surface area contributed by atoms with Crippen LogP contribution in [-0.4, -0.2) is 9.78 Å². The van der Waals surface area contributed by atoms with Gasteiger partial charge in [-0.05, 0) is 23.8 Å². The minimum absolute atomic E-state index is 0.215. The molecule has 1 aromatic carbocycles. The van der Waals surface area contributed by atoms with E-state index in [1.54, 1.807) is 10.7 Å². The number of halogens is 1. The van der Waals surface area contributed by atoms with Crippen molar-refractivity contribution < 1.29 is 4.39 Å². The Morgan fingerprint density at radius 1 is 1.38 bits per heavy atom. The summed E-state index contributed by atoms with van der Waals surface area (Å²) in [4.78, 5) is 0. The lowest BCUT2D eigenvalue weighted by Gasteiger charge is -1.97. The monoisotopic (exact) mass is 219 g/mol. The molecule has 16 heavy (non-hydrogen) atoms. The van der Waals surface area contributed by atoms with Gasteiger partial charge in [-0.15, -0.1) is 0 Å². The standard InChI is InChI=1S/C12H14FN3/c1-16-12(8-14)7-11(15-16)6-9-3-2-4-10(13)5-9/h2-5,7H,6,8,14H2,1H3. The second-order valence-electron chi connectivity index (χ2n) is 3.76. The van der Waals surface area contributed by atoms with E-state index in [0.29, 0.717) is 13.0 Å². The van der Waals surface area contributed by atoms with Crippen molar-refractivity contribution in [2.75, 3.05) is 0 Å². The number of nitrogens with zero attached hydrogens (tertiary/aromatic N) is 2. The third-order valence-corrected chi connectivity index (χ3v) is 2.51. The highest BCUT2D eigenvalue weighted by Gasteiger charge is 2.04. The lowest BCUT2D eigenvalue weighted by Crippen LogP contribution is -2.03. The molecule has 0 radical (unpaired) electrons. The fourth-order valence-electron chi connectivity index (χ4n) is 1.70. The Balaban J connectivity index is 2.20. The van der Waals surface area contributed by atoms with Gasteiger partial charge in [0.05, 0.1) is 11.4 Å². The highest BCUT2D eigenvalue weighted by Crippen LogP contribution is 2.11. The quantitative estimate of drug-likeness (QED) is 0.852. The van der Waals surface area contributed by atoms with E-state index in [2.05, 4.69) is 5.10 Å². The number of benzene rings is 1. The van der Waals surface area contributed by atoms with Crippen LogP contribution in [-0.2, 0) is 20.0 Å². The number of rotatable bonds is 3. The molecule has 84 valence electrons.